The summed E-state index contributed by atoms with van der Waals surface area (Å²) in [6, 6.07) is 7.21. The molecule has 1 N–H and O–H groups in total. The van der Waals surface area contributed by atoms with E-state index in [1.807, 2.05) is 12.1 Å². The van der Waals surface area contributed by atoms with Crippen LogP contribution in [0, 0.1) is 11.6 Å². The molecular formula is C18H12F2N6OS. The van der Waals surface area contributed by atoms with Crippen LogP contribution in [-0.4, -0.2) is 30.9 Å². The predicted octanol–water partition coefficient (Wildman–Crippen LogP) is 3.38. The Kier molecular flexibility index (Phi) is 4.85. The first-order valence-corrected chi connectivity index (χ1v) is 8.98. The number of carbonyl (C=O) groups excluding carboxylic acids is 1. The maximum absolute atomic E-state index is 13.4. The van der Waals surface area contributed by atoms with Crippen LogP contribution in [-0.2, 0) is 6.54 Å². The number of anilines is 1. The molecule has 0 spiro atoms. The average Bonchev–Trinajstić information content (AvgIpc) is 3.35. The Morgan fingerprint density at radius 3 is 2.89 bits per heavy atom. The summed E-state index contributed by atoms with van der Waals surface area (Å²) >= 11 is 1.16. The SMILES string of the molecule is O=C(Nc1nc(-c2ccc(F)c(F)c2)cs1)c1cn(Cc2cccnc2)nn1. The van der Waals surface area contributed by atoms with Crippen LogP contribution in [0.1, 0.15) is 16.1 Å². The van der Waals surface area contributed by atoms with Crippen molar-refractivity contribution in [2.45, 2.75) is 6.54 Å². The van der Waals surface area contributed by atoms with Crippen molar-refractivity contribution in [2.24, 2.45) is 0 Å². The van der Waals surface area contributed by atoms with Gasteiger partial charge < -0.3 is 0 Å². The zero-order chi connectivity index (χ0) is 19.5. The second kappa shape index (κ2) is 7.61. The minimum absolute atomic E-state index is 0.133. The van der Waals surface area contributed by atoms with E-state index >= 15 is 0 Å². The molecule has 4 aromatic rings. The molecule has 1 amide bonds. The van der Waals surface area contributed by atoms with Crippen LogP contribution in [0.3, 0.4) is 0 Å². The zero-order valence-electron chi connectivity index (χ0n) is 14.2. The summed E-state index contributed by atoms with van der Waals surface area (Å²) in [7, 11) is 0. The molecular weight excluding hydrogens is 386 g/mol. The van der Waals surface area contributed by atoms with Crippen LogP contribution in [0.4, 0.5) is 13.9 Å². The van der Waals surface area contributed by atoms with Gasteiger partial charge in [0.2, 0.25) is 0 Å². The van der Waals surface area contributed by atoms with Gasteiger partial charge in [0.25, 0.3) is 5.91 Å². The highest BCUT2D eigenvalue weighted by Crippen LogP contribution is 2.26. The molecule has 10 heteroatoms. The molecule has 0 unspecified atom stereocenters. The van der Waals surface area contributed by atoms with E-state index in [-0.39, 0.29) is 5.69 Å². The number of nitrogens with one attached hydrogen (secondary N) is 1. The van der Waals surface area contributed by atoms with Crippen molar-refractivity contribution in [1.29, 1.82) is 0 Å². The van der Waals surface area contributed by atoms with Crippen molar-refractivity contribution in [3.8, 4) is 11.3 Å². The van der Waals surface area contributed by atoms with Gasteiger partial charge in [-0.25, -0.2) is 18.4 Å². The van der Waals surface area contributed by atoms with Crippen molar-refractivity contribution in [1.82, 2.24) is 25.0 Å². The summed E-state index contributed by atoms with van der Waals surface area (Å²) in [4.78, 5) is 20.6. The summed E-state index contributed by atoms with van der Waals surface area (Å²) in [6.07, 6.45) is 4.90. The molecule has 0 atom stereocenters. The molecule has 0 saturated heterocycles. The van der Waals surface area contributed by atoms with Crippen molar-refractivity contribution in [2.75, 3.05) is 5.32 Å². The predicted molar refractivity (Wildman–Crippen MR) is 98.8 cm³/mol. The summed E-state index contributed by atoms with van der Waals surface area (Å²) in [5.41, 5.74) is 1.90. The number of halogens is 2. The number of amides is 1. The fraction of sp³-hybridized carbons (Fsp3) is 0.0556. The second-order valence-corrected chi connectivity index (χ2v) is 6.64. The fourth-order valence-corrected chi connectivity index (χ4v) is 3.15. The van der Waals surface area contributed by atoms with Crippen LogP contribution in [0.15, 0.2) is 54.3 Å². The molecule has 3 heterocycles. The van der Waals surface area contributed by atoms with Crippen LogP contribution < -0.4 is 5.32 Å². The normalized spacial score (nSPS) is 10.8. The molecule has 0 fully saturated rings. The minimum Gasteiger partial charge on any atom is -0.296 e. The Labute approximate surface area is 161 Å². The number of pyridine rings is 1. The van der Waals surface area contributed by atoms with Crippen molar-refractivity contribution in [3.05, 3.63) is 77.2 Å². The number of hydrogen-bond acceptors (Lipinski definition) is 6. The summed E-state index contributed by atoms with van der Waals surface area (Å²) in [5, 5.41) is 12.4. The quantitative estimate of drug-likeness (QED) is 0.557. The molecule has 7 nitrogen and oxygen atoms in total. The van der Waals surface area contributed by atoms with E-state index in [4.69, 9.17) is 0 Å². The molecule has 0 bridgehead atoms. The third-order valence-electron chi connectivity index (χ3n) is 3.78. The molecule has 4 rings (SSSR count). The molecule has 0 aliphatic heterocycles. The summed E-state index contributed by atoms with van der Waals surface area (Å²) in [5.74, 6) is -2.35. The van der Waals surface area contributed by atoms with Crippen LogP contribution in [0.25, 0.3) is 11.3 Å². The molecule has 0 radical (unpaired) electrons. The van der Waals surface area contributed by atoms with Crippen LogP contribution in [0.5, 0.6) is 0 Å². The monoisotopic (exact) mass is 398 g/mol. The van der Waals surface area contributed by atoms with Gasteiger partial charge in [-0.1, -0.05) is 11.3 Å². The Bertz CT molecular complexity index is 1130. The third kappa shape index (κ3) is 3.91. The number of rotatable bonds is 5. The smallest absolute Gasteiger partial charge is 0.279 e. The molecule has 0 saturated carbocycles. The van der Waals surface area contributed by atoms with Gasteiger partial charge in [-0.05, 0) is 29.8 Å². The van der Waals surface area contributed by atoms with Gasteiger partial charge in [0, 0.05) is 23.3 Å². The van der Waals surface area contributed by atoms with Crippen molar-refractivity contribution < 1.29 is 13.6 Å². The van der Waals surface area contributed by atoms with E-state index in [1.165, 1.54) is 16.9 Å². The summed E-state index contributed by atoms with van der Waals surface area (Å²) < 4.78 is 28.0. The van der Waals surface area contributed by atoms with Gasteiger partial charge in [0.1, 0.15) is 0 Å². The topological polar surface area (TPSA) is 85.6 Å². The largest absolute Gasteiger partial charge is 0.296 e. The van der Waals surface area contributed by atoms with E-state index in [0.29, 0.717) is 22.9 Å². The highest BCUT2D eigenvalue weighted by Gasteiger charge is 2.14. The lowest BCUT2D eigenvalue weighted by atomic mass is 10.2. The summed E-state index contributed by atoms with van der Waals surface area (Å²) in [6.45, 7) is 0.436. The lowest BCUT2D eigenvalue weighted by Gasteiger charge is -1.99. The van der Waals surface area contributed by atoms with Gasteiger partial charge in [-0.3, -0.25) is 15.1 Å². The van der Waals surface area contributed by atoms with Crippen LogP contribution in [0.2, 0.25) is 0 Å². The van der Waals surface area contributed by atoms with E-state index in [0.717, 1.165) is 29.0 Å². The standard InChI is InChI=1S/C18H12F2N6OS/c19-13-4-3-12(6-14(13)20)16-10-28-18(22-16)23-17(27)15-9-26(25-24-15)8-11-2-1-5-21-7-11/h1-7,9-10H,8H2,(H,22,23,27). The number of nitrogens with zero attached hydrogens (tertiary/aromatic N) is 5. The first-order valence-electron chi connectivity index (χ1n) is 8.10. The van der Waals surface area contributed by atoms with Crippen molar-refractivity contribution in [3.63, 3.8) is 0 Å². The first-order chi connectivity index (χ1) is 13.6. The molecule has 28 heavy (non-hydrogen) atoms. The average molecular weight is 398 g/mol. The maximum Gasteiger partial charge on any atom is 0.279 e. The lowest BCUT2D eigenvalue weighted by Crippen LogP contribution is -2.12. The van der Waals surface area contributed by atoms with E-state index in [2.05, 4.69) is 25.6 Å². The molecule has 3 aromatic heterocycles. The number of thiazole rings is 1. The number of carbonyl (C=O) groups is 1. The van der Waals surface area contributed by atoms with E-state index < -0.39 is 17.5 Å². The van der Waals surface area contributed by atoms with Gasteiger partial charge in [0.15, 0.2) is 22.5 Å². The van der Waals surface area contributed by atoms with Gasteiger partial charge in [0.05, 0.1) is 18.4 Å². The fourth-order valence-electron chi connectivity index (χ4n) is 2.44. The Balaban J connectivity index is 1.44. The molecule has 0 aliphatic rings. The van der Waals surface area contributed by atoms with Gasteiger partial charge in [-0.15, -0.1) is 16.4 Å². The van der Waals surface area contributed by atoms with Crippen molar-refractivity contribution >= 4 is 22.4 Å². The molecule has 0 aliphatic carbocycles. The zero-order valence-corrected chi connectivity index (χ0v) is 15.0. The Morgan fingerprint density at radius 1 is 1.21 bits per heavy atom. The highest BCUT2D eigenvalue weighted by atomic mass is 32.1. The number of hydrogen-bond donors (Lipinski definition) is 1. The third-order valence-corrected chi connectivity index (χ3v) is 4.54. The molecule has 1 aromatic carbocycles. The number of aromatic nitrogens is 5. The Hall–Kier alpha value is -3.53. The maximum atomic E-state index is 13.4. The van der Waals surface area contributed by atoms with E-state index in [1.54, 1.807) is 17.8 Å². The molecule has 140 valence electrons. The first kappa shape index (κ1) is 17.9. The van der Waals surface area contributed by atoms with E-state index in [9.17, 15) is 13.6 Å². The van der Waals surface area contributed by atoms with Gasteiger partial charge in [-0.2, -0.15) is 0 Å². The van der Waals surface area contributed by atoms with Crippen LogP contribution >= 0.6 is 11.3 Å². The number of benzene rings is 1. The van der Waals surface area contributed by atoms with Gasteiger partial charge >= 0.3 is 0 Å². The lowest BCUT2D eigenvalue weighted by molar-refractivity contribution is 0.102. The highest BCUT2D eigenvalue weighted by molar-refractivity contribution is 7.14. The minimum atomic E-state index is -0.957. The Morgan fingerprint density at radius 2 is 2.11 bits per heavy atom. The second-order valence-electron chi connectivity index (χ2n) is 5.78.